The fourth-order valence-electron chi connectivity index (χ4n) is 1.56. The number of nitrogens with two attached hydrogens (primary N) is 1. The average Bonchev–Trinajstić information content (AvgIpc) is 2.32. The van der Waals surface area contributed by atoms with E-state index in [-0.39, 0.29) is 24.0 Å². The van der Waals surface area contributed by atoms with Crippen LogP contribution in [0.15, 0.2) is 24.3 Å². The summed E-state index contributed by atoms with van der Waals surface area (Å²) >= 11 is 0. The van der Waals surface area contributed by atoms with Crippen molar-refractivity contribution in [3.05, 3.63) is 30.1 Å². The van der Waals surface area contributed by atoms with E-state index in [0.29, 0.717) is 13.0 Å². The maximum absolute atomic E-state index is 13.2. The Morgan fingerprint density at radius 1 is 1.17 bits per heavy atom. The highest BCUT2D eigenvalue weighted by atomic mass is 35.5. The number of nitrogens with one attached hydrogen (secondary N) is 1. The van der Waals surface area contributed by atoms with Crippen LogP contribution in [0.1, 0.15) is 32.1 Å². The Labute approximate surface area is 113 Å². The molecule has 1 amide bonds. The van der Waals surface area contributed by atoms with Crippen LogP contribution in [0.25, 0.3) is 0 Å². The second-order valence-electron chi connectivity index (χ2n) is 3.98. The number of benzene rings is 1. The Kier molecular flexibility index (Phi) is 9.24. The second-order valence-corrected chi connectivity index (χ2v) is 3.98. The largest absolute Gasteiger partial charge is 0.330 e. The number of hydrogen-bond donors (Lipinski definition) is 2. The van der Waals surface area contributed by atoms with Crippen LogP contribution in [0.3, 0.4) is 0 Å². The molecule has 0 aliphatic heterocycles. The highest BCUT2D eigenvalue weighted by Gasteiger charge is 2.05. The van der Waals surface area contributed by atoms with Crippen LogP contribution < -0.4 is 11.1 Å². The summed E-state index contributed by atoms with van der Waals surface area (Å²) in [7, 11) is 0. The first-order chi connectivity index (χ1) is 8.24. The van der Waals surface area contributed by atoms with E-state index in [1.54, 1.807) is 18.2 Å². The molecule has 0 fully saturated rings. The van der Waals surface area contributed by atoms with Gasteiger partial charge in [-0.15, -0.1) is 12.4 Å². The molecule has 5 heteroatoms. The van der Waals surface area contributed by atoms with Crippen molar-refractivity contribution in [1.29, 1.82) is 0 Å². The van der Waals surface area contributed by atoms with Gasteiger partial charge < -0.3 is 11.1 Å². The number of anilines is 1. The molecule has 0 radical (unpaired) electrons. The molecule has 0 aromatic heterocycles. The molecule has 0 aliphatic carbocycles. The van der Waals surface area contributed by atoms with E-state index in [1.807, 2.05) is 0 Å². The summed E-state index contributed by atoms with van der Waals surface area (Å²) in [5, 5.41) is 2.56. The topological polar surface area (TPSA) is 55.1 Å². The third kappa shape index (κ3) is 6.57. The third-order valence-electron chi connectivity index (χ3n) is 2.51. The molecule has 0 unspecified atom stereocenters. The van der Waals surface area contributed by atoms with Gasteiger partial charge in [-0.1, -0.05) is 25.0 Å². The molecule has 0 aliphatic rings. The second kappa shape index (κ2) is 9.85. The normalized spacial score (nSPS) is 9.67. The zero-order chi connectivity index (χ0) is 12.5. The van der Waals surface area contributed by atoms with Crippen molar-refractivity contribution in [2.45, 2.75) is 32.1 Å². The number of amides is 1. The zero-order valence-electron chi connectivity index (χ0n) is 10.3. The van der Waals surface area contributed by atoms with E-state index in [9.17, 15) is 9.18 Å². The van der Waals surface area contributed by atoms with Crippen molar-refractivity contribution in [3.63, 3.8) is 0 Å². The monoisotopic (exact) mass is 274 g/mol. The number of para-hydroxylation sites is 1. The number of rotatable bonds is 7. The van der Waals surface area contributed by atoms with Gasteiger partial charge in [0.25, 0.3) is 0 Å². The predicted molar refractivity (Wildman–Crippen MR) is 74.4 cm³/mol. The predicted octanol–water partition coefficient (Wildman–Crippen LogP) is 3.10. The van der Waals surface area contributed by atoms with Gasteiger partial charge in [-0.3, -0.25) is 4.79 Å². The fraction of sp³-hybridized carbons (Fsp3) is 0.462. The molecule has 3 nitrogen and oxygen atoms in total. The molecule has 0 bridgehead atoms. The summed E-state index contributed by atoms with van der Waals surface area (Å²) in [5.41, 5.74) is 5.62. The molecule has 0 saturated heterocycles. The summed E-state index contributed by atoms with van der Waals surface area (Å²) in [5.74, 6) is -0.535. The standard InChI is InChI=1S/C13H19FN2O.ClH/c14-11-7-4-5-8-12(11)16-13(17)9-3-1-2-6-10-15;/h4-5,7-8H,1-3,6,9-10,15H2,(H,16,17);1H. The first-order valence-electron chi connectivity index (χ1n) is 5.98. The lowest BCUT2D eigenvalue weighted by Crippen LogP contribution is -2.12. The Hall–Kier alpha value is -1.13. The molecule has 1 rings (SSSR count). The molecule has 3 N–H and O–H groups in total. The highest BCUT2D eigenvalue weighted by Crippen LogP contribution is 2.13. The average molecular weight is 275 g/mol. The molecular weight excluding hydrogens is 255 g/mol. The lowest BCUT2D eigenvalue weighted by atomic mass is 10.1. The highest BCUT2D eigenvalue weighted by molar-refractivity contribution is 5.90. The van der Waals surface area contributed by atoms with Gasteiger partial charge in [0.05, 0.1) is 5.69 Å². The van der Waals surface area contributed by atoms with E-state index in [4.69, 9.17) is 5.73 Å². The van der Waals surface area contributed by atoms with Gasteiger partial charge in [0.2, 0.25) is 5.91 Å². The Morgan fingerprint density at radius 3 is 2.50 bits per heavy atom. The third-order valence-corrected chi connectivity index (χ3v) is 2.51. The molecule has 0 atom stereocenters. The molecule has 102 valence electrons. The maximum atomic E-state index is 13.2. The molecule has 0 saturated carbocycles. The summed E-state index contributed by atoms with van der Waals surface area (Å²) in [6.07, 6.45) is 4.28. The smallest absolute Gasteiger partial charge is 0.224 e. The summed E-state index contributed by atoms with van der Waals surface area (Å²) < 4.78 is 13.2. The quantitative estimate of drug-likeness (QED) is 0.751. The van der Waals surface area contributed by atoms with Gasteiger partial charge in [-0.25, -0.2) is 4.39 Å². The maximum Gasteiger partial charge on any atom is 0.224 e. The number of hydrogen-bond acceptors (Lipinski definition) is 2. The molecule has 18 heavy (non-hydrogen) atoms. The van der Waals surface area contributed by atoms with Crippen molar-refractivity contribution in [1.82, 2.24) is 0 Å². The first kappa shape index (κ1) is 16.9. The molecular formula is C13H20ClFN2O. The number of carbonyl (C=O) groups excluding carboxylic acids is 1. The molecule has 0 spiro atoms. The van der Waals surface area contributed by atoms with Crippen LogP contribution in [-0.2, 0) is 4.79 Å². The zero-order valence-corrected chi connectivity index (χ0v) is 11.1. The van der Waals surface area contributed by atoms with E-state index in [1.165, 1.54) is 6.07 Å². The van der Waals surface area contributed by atoms with Crippen molar-refractivity contribution in [2.24, 2.45) is 5.73 Å². The Morgan fingerprint density at radius 2 is 1.83 bits per heavy atom. The van der Waals surface area contributed by atoms with Crippen LogP contribution in [0.2, 0.25) is 0 Å². The number of carbonyl (C=O) groups is 1. The van der Waals surface area contributed by atoms with Gasteiger partial charge in [0.15, 0.2) is 0 Å². The SMILES string of the molecule is Cl.NCCCCCCC(=O)Nc1ccccc1F. The minimum atomic E-state index is -0.399. The molecule has 1 aromatic carbocycles. The van der Waals surface area contributed by atoms with Crippen LogP contribution in [0.4, 0.5) is 10.1 Å². The Balaban J connectivity index is 0.00000289. The van der Waals surface area contributed by atoms with Gasteiger partial charge in [-0.2, -0.15) is 0 Å². The van der Waals surface area contributed by atoms with Crippen molar-refractivity contribution < 1.29 is 9.18 Å². The van der Waals surface area contributed by atoms with Gasteiger partial charge >= 0.3 is 0 Å². The van der Waals surface area contributed by atoms with Crippen molar-refractivity contribution in [2.75, 3.05) is 11.9 Å². The fourth-order valence-corrected chi connectivity index (χ4v) is 1.56. The van der Waals surface area contributed by atoms with E-state index >= 15 is 0 Å². The van der Waals surface area contributed by atoms with Crippen LogP contribution >= 0.6 is 12.4 Å². The number of halogens is 2. The van der Waals surface area contributed by atoms with E-state index in [0.717, 1.165) is 25.7 Å². The van der Waals surface area contributed by atoms with Crippen molar-refractivity contribution in [3.8, 4) is 0 Å². The minimum absolute atomic E-state index is 0. The van der Waals surface area contributed by atoms with Crippen molar-refractivity contribution >= 4 is 24.0 Å². The summed E-state index contributed by atoms with van der Waals surface area (Å²) in [6.45, 7) is 0.696. The lowest BCUT2D eigenvalue weighted by molar-refractivity contribution is -0.116. The van der Waals surface area contributed by atoms with Crippen LogP contribution in [-0.4, -0.2) is 12.5 Å². The van der Waals surface area contributed by atoms with Crippen LogP contribution in [0.5, 0.6) is 0 Å². The van der Waals surface area contributed by atoms with Gasteiger partial charge in [0.1, 0.15) is 5.82 Å². The Bertz CT molecular complexity index is 361. The summed E-state index contributed by atoms with van der Waals surface area (Å²) in [4.78, 5) is 11.5. The minimum Gasteiger partial charge on any atom is -0.330 e. The van der Waals surface area contributed by atoms with E-state index < -0.39 is 5.82 Å². The van der Waals surface area contributed by atoms with Gasteiger partial charge in [-0.05, 0) is 31.5 Å². The first-order valence-corrected chi connectivity index (χ1v) is 5.98. The lowest BCUT2D eigenvalue weighted by Gasteiger charge is -2.05. The molecule has 0 heterocycles. The van der Waals surface area contributed by atoms with Gasteiger partial charge in [0, 0.05) is 6.42 Å². The summed E-state index contributed by atoms with van der Waals surface area (Å²) in [6, 6.07) is 6.18. The van der Waals surface area contributed by atoms with E-state index in [2.05, 4.69) is 5.32 Å². The van der Waals surface area contributed by atoms with Crippen LogP contribution in [0, 0.1) is 5.82 Å². The molecule has 1 aromatic rings. The number of unbranched alkanes of at least 4 members (excludes halogenated alkanes) is 3.